The molecule has 0 radical (unpaired) electrons. The van der Waals surface area contributed by atoms with Crippen LogP contribution < -0.4 is 4.74 Å². The number of rotatable bonds is 7. The molecule has 2 atom stereocenters. The standard InChI is InChI=1S/C18H27NO3/c1-3-18(21)15-6-8-17(9-7-15)22-13-16(20)12-19-10-4-5-14(2)11-19/h6-9,14,16,20H,3-5,10-13H2,1-2H3/t14-,16-/m0/s1. The third kappa shape index (κ3) is 5.11. The average Bonchev–Trinajstić information content (AvgIpc) is 2.52. The Balaban J connectivity index is 1.76. The van der Waals surface area contributed by atoms with Crippen molar-refractivity contribution in [2.45, 2.75) is 39.2 Å². The highest BCUT2D eigenvalue weighted by Gasteiger charge is 2.19. The van der Waals surface area contributed by atoms with Gasteiger partial charge >= 0.3 is 0 Å². The Hall–Kier alpha value is -1.39. The predicted octanol–water partition coefficient (Wildman–Crippen LogP) is 2.75. The number of aliphatic hydroxyl groups excluding tert-OH is 1. The molecule has 0 aromatic heterocycles. The van der Waals surface area contributed by atoms with E-state index >= 15 is 0 Å². The average molecular weight is 305 g/mol. The van der Waals surface area contributed by atoms with E-state index in [1.807, 2.05) is 6.92 Å². The highest BCUT2D eigenvalue weighted by molar-refractivity contribution is 5.95. The van der Waals surface area contributed by atoms with Gasteiger partial charge < -0.3 is 14.7 Å². The number of carbonyl (C=O) groups excluding carboxylic acids is 1. The second-order valence-electron chi connectivity index (χ2n) is 6.27. The maximum atomic E-state index is 11.6. The van der Waals surface area contributed by atoms with Crippen LogP contribution in [-0.4, -0.2) is 48.1 Å². The van der Waals surface area contributed by atoms with E-state index in [4.69, 9.17) is 4.74 Å². The second kappa shape index (κ2) is 8.30. The topological polar surface area (TPSA) is 49.8 Å². The van der Waals surface area contributed by atoms with Crippen LogP contribution in [0.15, 0.2) is 24.3 Å². The zero-order valence-corrected chi connectivity index (χ0v) is 13.6. The fourth-order valence-corrected chi connectivity index (χ4v) is 2.94. The van der Waals surface area contributed by atoms with Crippen molar-refractivity contribution in [2.24, 2.45) is 5.92 Å². The minimum Gasteiger partial charge on any atom is -0.491 e. The van der Waals surface area contributed by atoms with Crippen molar-refractivity contribution in [1.82, 2.24) is 4.90 Å². The van der Waals surface area contributed by atoms with Gasteiger partial charge in [-0.05, 0) is 49.6 Å². The van der Waals surface area contributed by atoms with Crippen molar-refractivity contribution in [1.29, 1.82) is 0 Å². The third-order valence-corrected chi connectivity index (χ3v) is 4.15. The van der Waals surface area contributed by atoms with Crippen LogP contribution in [0.5, 0.6) is 5.75 Å². The molecule has 1 heterocycles. The molecule has 0 bridgehead atoms. The summed E-state index contributed by atoms with van der Waals surface area (Å²) in [5.41, 5.74) is 0.706. The van der Waals surface area contributed by atoms with Gasteiger partial charge in [0.05, 0.1) is 0 Å². The van der Waals surface area contributed by atoms with Crippen molar-refractivity contribution in [2.75, 3.05) is 26.2 Å². The number of ether oxygens (including phenoxy) is 1. The number of Topliss-reactive ketones (excluding diaryl/α,β-unsaturated/α-hetero) is 1. The quantitative estimate of drug-likeness (QED) is 0.787. The molecule has 0 spiro atoms. The second-order valence-corrected chi connectivity index (χ2v) is 6.27. The Morgan fingerprint density at radius 3 is 2.77 bits per heavy atom. The van der Waals surface area contributed by atoms with Gasteiger partial charge in [0.2, 0.25) is 0 Å². The number of carbonyl (C=O) groups is 1. The van der Waals surface area contributed by atoms with Gasteiger partial charge in [-0.2, -0.15) is 0 Å². The molecule has 1 aromatic rings. The first kappa shape index (κ1) is 17.0. The SMILES string of the molecule is CCC(=O)c1ccc(OC[C@@H](O)CN2CCC[C@H](C)C2)cc1. The monoisotopic (exact) mass is 305 g/mol. The number of likely N-dealkylation sites (tertiary alicyclic amines) is 1. The molecule has 1 aromatic carbocycles. The molecular weight excluding hydrogens is 278 g/mol. The third-order valence-electron chi connectivity index (χ3n) is 4.15. The predicted molar refractivity (Wildman–Crippen MR) is 87.4 cm³/mol. The zero-order chi connectivity index (χ0) is 15.9. The lowest BCUT2D eigenvalue weighted by atomic mass is 10.0. The molecule has 2 rings (SSSR count). The Morgan fingerprint density at radius 2 is 2.14 bits per heavy atom. The smallest absolute Gasteiger partial charge is 0.162 e. The largest absolute Gasteiger partial charge is 0.491 e. The van der Waals surface area contributed by atoms with Crippen molar-refractivity contribution in [3.8, 4) is 5.75 Å². The summed E-state index contributed by atoms with van der Waals surface area (Å²) in [5, 5.41) is 10.1. The van der Waals surface area contributed by atoms with Crippen LogP contribution in [0, 0.1) is 5.92 Å². The highest BCUT2D eigenvalue weighted by Crippen LogP contribution is 2.16. The van der Waals surface area contributed by atoms with Gasteiger partial charge in [-0.15, -0.1) is 0 Å². The summed E-state index contributed by atoms with van der Waals surface area (Å²) >= 11 is 0. The minimum atomic E-state index is -0.484. The Bertz CT molecular complexity index is 472. The van der Waals surface area contributed by atoms with Gasteiger partial charge in [0.1, 0.15) is 18.5 Å². The van der Waals surface area contributed by atoms with E-state index in [0.29, 0.717) is 30.2 Å². The van der Waals surface area contributed by atoms with Crippen LogP contribution in [0.25, 0.3) is 0 Å². The lowest BCUT2D eigenvalue weighted by molar-refractivity contribution is 0.0537. The van der Waals surface area contributed by atoms with Crippen LogP contribution >= 0.6 is 0 Å². The van der Waals surface area contributed by atoms with Crippen LogP contribution in [0.3, 0.4) is 0 Å². The number of benzene rings is 1. The van der Waals surface area contributed by atoms with Gasteiger partial charge in [-0.25, -0.2) is 0 Å². The fourth-order valence-electron chi connectivity index (χ4n) is 2.94. The van der Waals surface area contributed by atoms with E-state index in [-0.39, 0.29) is 12.4 Å². The Morgan fingerprint density at radius 1 is 1.41 bits per heavy atom. The Kier molecular flexibility index (Phi) is 6.40. The molecule has 1 aliphatic rings. The van der Waals surface area contributed by atoms with Crippen molar-refractivity contribution >= 4 is 5.78 Å². The first-order chi connectivity index (χ1) is 10.6. The number of β-amino-alcohol motifs (C(OH)–C–C–N with tert-alkyl or cyclic N) is 1. The summed E-state index contributed by atoms with van der Waals surface area (Å²) in [4.78, 5) is 13.9. The number of piperidine rings is 1. The molecule has 0 saturated carbocycles. The Labute approximate surface area is 133 Å². The summed E-state index contributed by atoms with van der Waals surface area (Å²) in [7, 11) is 0. The number of nitrogens with zero attached hydrogens (tertiary/aromatic N) is 1. The summed E-state index contributed by atoms with van der Waals surface area (Å²) in [6.45, 7) is 7.18. The van der Waals surface area contributed by atoms with Crippen LogP contribution in [0.4, 0.5) is 0 Å². The van der Waals surface area contributed by atoms with Gasteiger partial charge in [0.25, 0.3) is 0 Å². The van der Waals surface area contributed by atoms with E-state index in [1.165, 1.54) is 12.8 Å². The summed E-state index contributed by atoms with van der Waals surface area (Å²) in [6.07, 6.45) is 2.52. The summed E-state index contributed by atoms with van der Waals surface area (Å²) in [5.74, 6) is 1.54. The molecule has 1 aliphatic heterocycles. The number of ketones is 1. The maximum Gasteiger partial charge on any atom is 0.162 e. The van der Waals surface area contributed by atoms with Gasteiger partial charge in [0.15, 0.2) is 5.78 Å². The fraction of sp³-hybridized carbons (Fsp3) is 0.611. The molecule has 22 heavy (non-hydrogen) atoms. The summed E-state index contributed by atoms with van der Waals surface area (Å²) in [6, 6.07) is 7.14. The first-order valence-corrected chi connectivity index (χ1v) is 8.25. The first-order valence-electron chi connectivity index (χ1n) is 8.25. The van der Waals surface area contributed by atoms with Gasteiger partial charge in [0, 0.05) is 25.1 Å². The maximum absolute atomic E-state index is 11.6. The number of hydrogen-bond acceptors (Lipinski definition) is 4. The molecule has 0 aliphatic carbocycles. The van der Waals surface area contributed by atoms with Crippen LogP contribution in [-0.2, 0) is 0 Å². The van der Waals surface area contributed by atoms with E-state index in [1.54, 1.807) is 24.3 Å². The van der Waals surface area contributed by atoms with E-state index < -0.39 is 6.10 Å². The molecule has 1 fully saturated rings. The molecule has 1 saturated heterocycles. The zero-order valence-electron chi connectivity index (χ0n) is 13.6. The highest BCUT2D eigenvalue weighted by atomic mass is 16.5. The van der Waals surface area contributed by atoms with E-state index in [9.17, 15) is 9.90 Å². The number of hydrogen-bond donors (Lipinski definition) is 1. The summed E-state index contributed by atoms with van der Waals surface area (Å²) < 4.78 is 5.62. The normalized spacial score (nSPS) is 20.6. The van der Waals surface area contributed by atoms with E-state index in [2.05, 4.69) is 11.8 Å². The molecule has 4 nitrogen and oxygen atoms in total. The molecular formula is C18H27NO3. The van der Waals surface area contributed by atoms with Gasteiger partial charge in [-0.1, -0.05) is 13.8 Å². The molecule has 122 valence electrons. The van der Waals surface area contributed by atoms with Crippen LogP contribution in [0.2, 0.25) is 0 Å². The van der Waals surface area contributed by atoms with E-state index in [0.717, 1.165) is 13.1 Å². The number of aliphatic hydroxyl groups is 1. The molecule has 0 unspecified atom stereocenters. The minimum absolute atomic E-state index is 0.130. The lowest BCUT2D eigenvalue weighted by Crippen LogP contribution is -2.41. The van der Waals surface area contributed by atoms with Gasteiger partial charge in [-0.3, -0.25) is 4.79 Å². The van der Waals surface area contributed by atoms with Crippen LogP contribution in [0.1, 0.15) is 43.5 Å². The van der Waals surface area contributed by atoms with Crippen molar-refractivity contribution in [3.63, 3.8) is 0 Å². The lowest BCUT2D eigenvalue weighted by Gasteiger charge is -2.32. The van der Waals surface area contributed by atoms with Crippen molar-refractivity contribution < 1.29 is 14.6 Å². The molecule has 0 amide bonds. The van der Waals surface area contributed by atoms with Crippen molar-refractivity contribution in [3.05, 3.63) is 29.8 Å². The molecule has 4 heteroatoms. The molecule has 1 N–H and O–H groups in total.